The number of alkyl halides is 1. The number of morpholine rings is 1. The van der Waals surface area contributed by atoms with E-state index in [1.54, 1.807) is 30.2 Å². The molecule has 0 unspecified atom stereocenters. The van der Waals surface area contributed by atoms with Crippen molar-refractivity contribution < 1.29 is 44.2 Å². The minimum atomic E-state index is -3.52. The van der Waals surface area contributed by atoms with Crippen LogP contribution in [0.15, 0.2) is 29.2 Å². The third kappa shape index (κ3) is 3.58. The molecule has 1 aromatic heterocycles. The Morgan fingerprint density at radius 3 is 2.79 bits per heavy atom. The van der Waals surface area contributed by atoms with Crippen LogP contribution in [0.3, 0.4) is 0 Å². The molecule has 1 saturated heterocycles. The number of carbonyl (C=O) groups is 1. The number of benzene rings is 1. The quantitative estimate of drug-likeness (QED) is 0.254. The van der Waals surface area contributed by atoms with Crippen LogP contribution in [0.4, 0.5) is 0 Å². The van der Waals surface area contributed by atoms with Crippen LogP contribution in [0, 0.1) is 0 Å². The van der Waals surface area contributed by atoms with E-state index in [-0.39, 0.29) is 17.4 Å². The van der Waals surface area contributed by atoms with Gasteiger partial charge in [0.1, 0.15) is 0 Å². The topological polar surface area (TPSA) is 90.7 Å². The fourth-order valence-electron chi connectivity index (χ4n) is 3.39. The maximum absolute atomic E-state index is 13.1. The molecule has 0 radical (unpaired) electrons. The number of carbonyl (C=O) groups excluding carboxylic acids is 1. The van der Waals surface area contributed by atoms with Crippen molar-refractivity contribution in [2.75, 3.05) is 44.4 Å². The average Bonchev–Trinajstić information content (AvgIpc) is 3.06. The molecular formula is C18H21IN3O5S-. The first-order chi connectivity index (χ1) is 13.5. The SMILES string of the molecule is COCC[I-]n1nc(C(=O)N2CCOCC2)c2c1-c1ccccc1S(=O)(=O)C2. The first-order valence-corrected chi connectivity index (χ1v) is 13.1. The molecule has 1 fully saturated rings. The standard InChI is InChI=1S/C18H21IN3O5S/c1-26-9-6-19-22-17-13-4-2-3-5-15(13)28(24,25)12-14(17)16(20-22)18(23)21-7-10-27-11-8-21/h2-5H,6-12H2,1H3/q-1. The molecule has 28 heavy (non-hydrogen) atoms. The summed E-state index contributed by atoms with van der Waals surface area (Å²) in [6, 6.07) is 6.97. The Kier molecular flexibility index (Phi) is 5.72. The van der Waals surface area contributed by atoms with E-state index in [0.29, 0.717) is 48.9 Å². The molecule has 1 amide bonds. The second kappa shape index (κ2) is 8.09. The van der Waals surface area contributed by atoms with Gasteiger partial charge in [0.25, 0.3) is 0 Å². The van der Waals surface area contributed by atoms with Gasteiger partial charge < -0.3 is 0 Å². The molecule has 2 aliphatic heterocycles. The number of nitrogens with zero attached hydrogens (tertiary/aromatic N) is 3. The third-order valence-electron chi connectivity index (χ3n) is 4.74. The number of aromatic nitrogens is 2. The molecule has 1 aromatic carbocycles. The van der Waals surface area contributed by atoms with Gasteiger partial charge in [0.15, 0.2) is 0 Å². The molecule has 3 heterocycles. The fourth-order valence-corrected chi connectivity index (χ4v) is 7.34. The van der Waals surface area contributed by atoms with Gasteiger partial charge in [-0.3, -0.25) is 0 Å². The Labute approximate surface area is 174 Å². The summed E-state index contributed by atoms with van der Waals surface area (Å²) in [5, 5.41) is 4.62. The van der Waals surface area contributed by atoms with Crippen LogP contribution in [0.25, 0.3) is 11.3 Å². The summed E-state index contributed by atoms with van der Waals surface area (Å²) in [6.07, 6.45) is 0. The number of sulfone groups is 1. The number of halogens is 1. The molecule has 10 heteroatoms. The molecular weight excluding hydrogens is 497 g/mol. The van der Waals surface area contributed by atoms with Gasteiger partial charge in [-0.15, -0.1) is 0 Å². The summed E-state index contributed by atoms with van der Waals surface area (Å²) >= 11 is -0.587. The summed E-state index contributed by atoms with van der Waals surface area (Å²) in [5.74, 6) is -0.415. The van der Waals surface area contributed by atoms with E-state index >= 15 is 0 Å². The van der Waals surface area contributed by atoms with Crippen molar-refractivity contribution in [3.05, 3.63) is 35.5 Å². The first kappa shape index (κ1) is 19.8. The Bertz CT molecular complexity index is 999. The summed E-state index contributed by atoms with van der Waals surface area (Å²) in [5.41, 5.74) is 2.18. The van der Waals surface area contributed by atoms with Gasteiger partial charge in [-0.2, -0.15) is 0 Å². The zero-order chi connectivity index (χ0) is 19.7. The van der Waals surface area contributed by atoms with Gasteiger partial charge in [-0.25, -0.2) is 0 Å². The van der Waals surface area contributed by atoms with Crippen molar-refractivity contribution in [3.8, 4) is 11.3 Å². The van der Waals surface area contributed by atoms with Crippen LogP contribution >= 0.6 is 0 Å². The molecule has 0 aliphatic carbocycles. The van der Waals surface area contributed by atoms with Gasteiger partial charge in [-0.05, 0) is 0 Å². The minimum absolute atomic E-state index is 0.196. The van der Waals surface area contributed by atoms with E-state index in [9.17, 15) is 13.2 Å². The van der Waals surface area contributed by atoms with Crippen molar-refractivity contribution in [2.24, 2.45) is 0 Å². The molecule has 2 aliphatic rings. The number of amides is 1. The average molecular weight is 518 g/mol. The molecule has 152 valence electrons. The van der Waals surface area contributed by atoms with E-state index in [2.05, 4.69) is 5.10 Å². The predicted octanol–water partition coefficient (Wildman–Crippen LogP) is -2.19. The molecule has 0 saturated carbocycles. The second-order valence-electron chi connectivity index (χ2n) is 6.50. The number of hydrogen-bond acceptors (Lipinski definition) is 6. The van der Waals surface area contributed by atoms with Crippen LogP contribution in [-0.2, 0) is 25.1 Å². The zero-order valence-electron chi connectivity index (χ0n) is 15.4. The Morgan fingerprint density at radius 2 is 2.04 bits per heavy atom. The summed E-state index contributed by atoms with van der Waals surface area (Å²) < 4.78 is 38.9. The van der Waals surface area contributed by atoms with E-state index < -0.39 is 31.3 Å². The molecule has 0 atom stereocenters. The van der Waals surface area contributed by atoms with Gasteiger partial charge in [0.05, 0.1) is 0 Å². The van der Waals surface area contributed by atoms with Crippen LogP contribution in [0.1, 0.15) is 16.1 Å². The third-order valence-corrected chi connectivity index (χ3v) is 8.70. The normalized spacial score (nSPS) is 18.0. The van der Waals surface area contributed by atoms with Crippen LogP contribution in [0.5, 0.6) is 0 Å². The number of hydrogen-bond donors (Lipinski definition) is 0. The van der Waals surface area contributed by atoms with Gasteiger partial charge in [-0.1, -0.05) is 0 Å². The molecule has 4 rings (SSSR count). The monoisotopic (exact) mass is 518 g/mol. The van der Waals surface area contributed by atoms with Crippen molar-refractivity contribution in [1.29, 1.82) is 0 Å². The molecule has 0 bridgehead atoms. The zero-order valence-corrected chi connectivity index (χ0v) is 18.4. The van der Waals surface area contributed by atoms with Gasteiger partial charge in [0, 0.05) is 0 Å². The summed E-state index contributed by atoms with van der Waals surface area (Å²) in [4.78, 5) is 15.1. The van der Waals surface area contributed by atoms with Crippen molar-refractivity contribution in [1.82, 2.24) is 12.9 Å². The second-order valence-corrected chi connectivity index (χ2v) is 11.1. The van der Waals surface area contributed by atoms with Crippen LogP contribution in [0.2, 0.25) is 0 Å². The molecule has 0 spiro atoms. The van der Waals surface area contributed by atoms with E-state index in [0.717, 1.165) is 10.1 Å². The number of methoxy groups -OCH3 is 1. The van der Waals surface area contributed by atoms with Crippen molar-refractivity contribution in [2.45, 2.75) is 10.6 Å². The fraction of sp³-hybridized carbons (Fsp3) is 0.444. The molecule has 8 nitrogen and oxygen atoms in total. The van der Waals surface area contributed by atoms with Gasteiger partial charge >= 0.3 is 175 Å². The van der Waals surface area contributed by atoms with E-state index in [1.807, 2.05) is 8.96 Å². The Hall–Kier alpha value is -1.50. The molecule has 2 aromatic rings. The van der Waals surface area contributed by atoms with Crippen molar-refractivity contribution in [3.63, 3.8) is 0 Å². The van der Waals surface area contributed by atoms with Crippen molar-refractivity contribution >= 4 is 15.7 Å². The predicted molar refractivity (Wildman–Crippen MR) is 97.4 cm³/mol. The number of fused-ring (bicyclic) bond motifs is 3. The maximum atomic E-state index is 13.1. The van der Waals surface area contributed by atoms with Gasteiger partial charge in [0.2, 0.25) is 0 Å². The van der Waals surface area contributed by atoms with Crippen LogP contribution < -0.4 is 21.5 Å². The first-order valence-electron chi connectivity index (χ1n) is 8.93. The van der Waals surface area contributed by atoms with E-state index in [1.165, 1.54) is 0 Å². The number of rotatable bonds is 5. The van der Waals surface area contributed by atoms with Crippen LogP contribution in [-0.4, -0.2) is 71.7 Å². The summed E-state index contributed by atoms with van der Waals surface area (Å²) in [6.45, 7) is 2.55. The Morgan fingerprint density at radius 1 is 1.29 bits per heavy atom. The summed E-state index contributed by atoms with van der Waals surface area (Å²) in [7, 11) is -1.86. The molecule has 0 N–H and O–H groups in total. The van der Waals surface area contributed by atoms with E-state index in [4.69, 9.17) is 9.47 Å². The Balaban J connectivity index is 1.83. The number of ether oxygens (including phenoxy) is 2.